The normalized spacial score (nSPS) is 10.1. The summed E-state index contributed by atoms with van der Waals surface area (Å²) in [7, 11) is 0. The van der Waals surface area contributed by atoms with Gasteiger partial charge in [0.2, 0.25) is 5.91 Å². The standard InChI is InChI=1S/C16H18N2O2/c1-12-5-7-14(8-6-12)20-11-9-15(19)18-16-13(2)4-3-10-17-16/h3-8,10H,9,11H2,1-2H3,(H,17,18,19). The Labute approximate surface area is 118 Å². The van der Waals surface area contributed by atoms with Crippen LogP contribution in [0.1, 0.15) is 17.5 Å². The molecule has 1 aromatic heterocycles. The summed E-state index contributed by atoms with van der Waals surface area (Å²) in [4.78, 5) is 15.9. The number of benzene rings is 1. The highest BCUT2D eigenvalue weighted by Crippen LogP contribution is 2.12. The Kier molecular flexibility index (Phi) is 4.71. The number of rotatable bonds is 5. The van der Waals surface area contributed by atoms with Gasteiger partial charge < -0.3 is 10.1 Å². The molecular formula is C16H18N2O2. The van der Waals surface area contributed by atoms with Crippen LogP contribution in [0, 0.1) is 13.8 Å². The van der Waals surface area contributed by atoms with Gasteiger partial charge in [-0.15, -0.1) is 0 Å². The number of carbonyl (C=O) groups excluding carboxylic acids is 1. The minimum Gasteiger partial charge on any atom is -0.493 e. The monoisotopic (exact) mass is 270 g/mol. The molecule has 0 bridgehead atoms. The van der Waals surface area contributed by atoms with Gasteiger partial charge in [0.25, 0.3) is 0 Å². The maximum absolute atomic E-state index is 11.8. The quantitative estimate of drug-likeness (QED) is 0.908. The van der Waals surface area contributed by atoms with Crippen LogP contribution in [0.5, 0.6) is 5.75 Å². The van der Waals surface area contributed by atoms with Gasteiger partial charge in [0.05, 0.1) is 13.0 Å². The van der Waals surface area contributed by atoms with E-state index in [1.54, 1.807) is 6.20 Å². The molecular weight excluding hydrogens is 252 g/mol. The molecule has 0 aliphatic carbocycles. The van der Waals surface area contributed by atoms with Gasteiger partial charge in [-0.2, -0.15) is 0 Å². The number of aryl methyl sites for hydroxylation is 2. The van der Waals surface area contributed by atoms with Gasteiger partial charge in [-0.05, 0) is 37.6 Å². The van der Waals surface area contributed by atoms with Crippen molar-refractivity contribution in [3.63, 3.8) is 0 Å². The van der Waals surface area contributed by atoms with Crippen molar-refractivity contribution in [3.8, 4) is 5.75 Å². The van der Waals surface area contributed by atoms with E-state index < -0.39 is 0 Å². The first-order valence-corrected chi connectivity index (χ1v) is 6.56. The molecule has 0 saturated carbocycles. The SMILES string of the molecule is Cc1ccc(OCCC(=O)Nc2ncccc2C)cc1. The van der Waals surface area contributed by atoms with Gasteiger partial charge in [0.1, 0.15) is 11.6 Å². The first kappa shape index (κ1) is 14.1. The number of nitrogens with zero attached hydrogens (tertiary/aromatic N) is 1. The molecule has 1 heterocycles. The zero-order valence-electron chi connectivity index (χ0n) is 11.7. The molecule has 0 unspecified atom stereocenters. The Morgan fingerprint density at radius 1 is 1.20 bits per heavy atom. The number of carbonyl (C=O) groups is 1. The number of amides is 1. The van der Waals surface area contributed by atoms with Crippen LogP contribution in [0.15, 0.2) is 42.6 Å². The van der Waals surface area contributed by atoms with E-state index in [1.165, 1.54) is 5.56 Å². The predicted molar refractivity (Wildman–Crippen MR) is 78.9 cm³/mol. The lowest BCUT2D eigenvalue weighted by Gasteiger charge is -2.08. The summed E-state index contributed by atoms with van der Waals surface area (Å²) in [5, 5.41) is 2.78. The van der Waals surface area contributed by atoms with Crippen LogP contribution < -0.4 is 10.1 Å². The summed E-state index contributed by atoms with van der Waals surface area (Å²) in [5.41, 5.74) is 2.13. The molecule has 0 radical (unpaired) electrons. The van der Waals surface area contributed by atoms with Crippen molar-refractivity contribution in [3.05, 3.63) is 53.7 Å². The van der Waals surface area contributed by atoms with E-state index in [-0.39, 0.29) is 5.91 Å². The summed E-state index contributed by atoms with van der Waals surface area (Å²) in [5.74, 6) is 1.28. The van der Waals surface area contributed by atoms with Crippen molar-refractivity contribution in [2.75, 3.05) is 11.9 Å². The maximum Gasteiger partial charge on any atom is 0.228 e. The number of ether oxygens (including phenoxy) is 1. The lowest BCUT2D eigenvalue weighted by Crippen LogP contribution is -2.16. The van der Waals surface area contributed by atoms with Crippen LogP contribution in [0.2, 0.25) is 0 Å². The molecule has 1 amide bonds. The van der Waals surface area contributed by atoms with Crippen LogP contribution in [0.4, 0.5) is 5.82 Å². The number of hydrogen-bond acceptors (Lipinski definition) is 3. The highest BCUT2D eigenvalue weighted by molar-refractivity contribution is 5.90. The molecule has 2 rings (SSSR count). The molecule has 20 heavy (non-hydrogen) atoms. The van der Waals surface area contributed by atoms with Crippen molar-refractivity contribution in [1.29, 1.82) is 0 Å². The van der Waals surface area contributed by atoms with Gasteiger partial charge in [-0.25, -0.2) is 4.98 Å². The van der Waals surface area contributed by atoms with Crippen molar-refractivity contribution in [2.45, 2.75) is 20.3 Å². The van der Waals surface area contributed by atoms with E-state index in [1.807, 2.05) is 50.2 Å². The molecule has 0 atom stereocenters. The van der Waals surface area contributed by atoms with Gasteiger partial charge in [0.15, 0.2) is 0 Å². The van der Waals surface area contributed by atoms with Gasteiger partial charge in [0, 0.05) is 6.20 Å². The first-order valence-electron chi connectivity index (χ1n) is 6.56. The number of anilines is 1. The van der Waals surface area contributed by atoms with Crippen LogP contribution >= 0.6 is 0 Å². The summed E-state index contributed by atoms with van der Waals surface area (Å²) in [6.07, 6.45) is 1.95. The van der Waals surface area contributed by atoms with Crippen molar-refractivity contribution in [2.24, 2.45) is 0 Å². The molecule has 104 valence electrons. The fraction of sp³-hybridized carbons (Fsp3) is 0.250. The molecule has 1 N–H and O–H groups in total. The number of hydrogen-bond donors (Lipinski definition) is 1. The van der Waals surface area contributed by atoms with E-state index in [0.717, 1.165) is 11.3 Å². The molecule has 0 aliphatic heterocycles. The summed E-state index contributed by atoms with van der Waals surface area (Å²) in [6, 6.07) is 11.5. The van der Waals surface area contributed by atoms with Crippen LogP contribution in [-0.4, -0.2) is 17.5 Å². The third-order valence-corrected chi connectivity index (χ3v) is 2.89. The van der Waals surface area contributed by atoms with E-state index in [9.17, 15) is 4.79 Å². The molecule has 0 aliphatic rings. The second-order valence-corrected chi connectivity index (χ2v) is 4.63. The van der Waals surface area contributed by atoms with E-state index in [2.05, 4.69) is 10.3 Å². The van der Waals surface area contributed by atoms with Crippen LogP contribution in [-0.2, 0) is 4.79 Å². The Morgan fingerprint density at radius 3 is 2.65 bits per heavy atom. The molecule has 4 heteroatoms. The Hall–Kier alpha value is -2.36. The lowest BCUT2D eigenvalue weighted by atomic mass is 10.2. The number of aromatic nitrogens is 1. The third-order valence-electron chi connectivity index (χ3n) is 2.89. The Morgan fingerprint density at radius 2 is 1.95 bits per heavy atom. The number of nitrogens with one attached hydrogen (secondary N) is 1. The first-order chi connectivity index (χ1) is 9.65. The minimum atomic E-state index is -0.0982. The van der Waals surface area contributed by atoms with Gasteiger partial charge in [-0.1, -0.05) is 23.8 Å². The average Bonchev–Trinajstić information content (AvgIpc) is 2.44. The smallest absolute Gasteiger partial charge is 0.228 e. The molecule has 2 aromatic rings. The second-order valence-electron chi connectivity index (χ2n) is 4.63. The maximum atomic E-state index is 11.8. The highest BCUT2D eigenvalue weighted by atomic mass is 16.5. The highest BCUT2D eigenvalue weighted by Gasteiger charge is 2.05. The third kappa shape index (κ3) is 4.09. The van der Waals surface area contributed by atoms with E-state index >= 15 is 0 Å². The zero-order valence-corrected chi connectivity index (χ0v) is 11.7. The fourth-order valence-corrected chi connectivity index (χ4v) is 1.71. The molecule has 1 aromatic carbocycles. The van der Waals surface area contributed by atoms with Gasteiger partial charge >= 0.3 is 0 Å². The second kappa shape index (κ2) is 6.70. The topological polar surface area (TPSA) is 51.2 Å². The summed E-state index contributed by atoms with van der Waals surface area (Å²) < 4.78 is 5.52. The van der Waals surface area contributed by atoms with Crippen molar-refractivity contribution < 1.29 is 9.53 Å². The van der Waals surface area contributed by atoms with Crippen molar-refractivity contribution in [1.82, 2.24) is 4.98 Å². The molecule has 0 spiro atoms. The summed E-state index contributed by atoms with van der Waals surface area (Å²) >= 11 is 0. The predicted octanol–water partition coefficient (Wildman–Crippen LogP) is 3.11. The average molecular weight is 270 g/mol. The molecule has 0 saturated heterocycles. The van der Waals surface area contributed by atoms with Crippen molar-refractivity contribution >= 4 is 11.7 Å². The van der Waals surface area contributed by atoms with E-state index in [0.29, 0.717) is 18.8 Å². The minimum absolute atomic E-state index is 0.0982. The van der Waals surface area contributed by atoms with Gasteiger partial charge in [-0.3, -0.25) is 4.79 Å². The Bertz CT molecular complexity index is 579. The lowest BCUT2D eigenvalue weighted by molar-refractivity contribution is -0.116. The van der Waals surface area contributed by atoms with Crippen LogP contribution in [0.3, 0.4) is 0 Å². The molecule has 4 nitrogen and oxygen atoms in total. The largest absolute Gasteiger partial charge is 0.493 e. The number of pyridine rings is 1. The Balaban J connectivity index is 1.78. The fourth-order valence-electron chi connectivity index (χ4n) is 1.71. The molecule has 0 fully saturated rings. The zero-order chi connectivity index (χ0) is 14.4. The van der Waals surface area contributed by atoms with E-state index in [4.69, 9.17) is 4.74 Å². The summed E-state index contributed by atoms with van der Waals surface area (Å²) in [6.45, 7) is 4.28. The van der Waals surface area contributed by atoms with Crippen LogP contribution in [0.25, 0.3) is 0 Å².